The van der Waals surface area contributed by atoms with Gasteiger partial charge in [-0.3, -0.25) is 9.78 Å². The van der Waals surface area contributed by atoms with Gasteiger partial charge in [-0.25, -0.2) is 4.98 Å². The monoisotopic (exact) mass is 408 g/mol. The van der Waals surface area contributed by atoms with Crippen LogP contribution >= 0.6 is 11.3 Å². The average Bonchev–Trinajstić information content (AvgIpc) is 3.22. The van der Waals surface area contributed by atoms with Crippen molar-refractivity contribution in [2.45, 2.75) is 0 Å². The Bertz CT molecular complexity index is 1230. The van der Waals surface area contributed by atoms with Gasteiger partial charge in [0.05, 0.1) is 5.57 Å². The Morgan fingerprint density at radius 3 is 2.30 bits per heavy atom. The molecule has 30 heavy (non-hydrogen) atoms. The predicted molar refractivity (Wildman–Crippen MR) is 120 cm³/mol. The Morgan fingerprint density at radius 1 is 0.967 bits per heavy atom. The normalized spacial score (nSPS) is 11.0. The summed E-state index contributed by atoms with van der Waals surface area (Å²) in [5, 5.41) is 13.8. The molecule has 0 aliphatic heterocycles. The lowest BCUT2D eigenvalue weighted by atomic mass is 10.1. The number of hydrogen-bond donors (Lipinski definition) is 1. The van der Waals surface area contributed by atoms with Crippen molar-refractivity contribution in [1.82, 2.24) is 9.97 Å². The molecular weight excluding hydrogens is 392 g/mol. The van der Waals surface area contributed by atoms with Crippen molar-refractivity contribution >= 4 is 33.9 Å². The minimum atomic E-state index is -0.223. The molecule has 1 amide bonds. The van der Waals surface area contributed by atoms with Gasteiger partial charge < -0.3 is 5.32 Å². The van der Waals surface area contributed by atoms with E-state index in [-0.39, 0.29) is 5.91 Å². The van der Waals surface area contributed by atoms with Crippen molar-refractivity contribution in [2.75, 3.05) is 5.32 Å². The van der Waals surface area contributed by atoms with Crippen LogP contribution in [0.5, 0.6) is 0 Å². The van der Waals surface area contributed by atoms with Gasteiger partial charge in [0.1, 0.15) is 21.8 Å². The van der Waals surface area contributed by atoms with Crippen molar-refractivity contribution in [3.05, 3.63) is 101 Å². The number of carbonyl (C=O) groups excluding carboxylic acids is 1. The van der Waals surface area contributed by atoms with Crippen LogP contribution in [0.1, 0.15) is 20.9 Å². The lowest BCUT2D eigenvalue weighted by molar-refractivity contribution is 0.102. The Hall–Kier alpha value is -4.08. The molecule has 4 rings (SSSR count). The Morgan fingerprint density at radius 2 is 1.63 bits per heavy atom. The van der Waals surface area contributed by atoms with Crippen molar-refractivity contribution in [1.29, 1.82) is 5.26 Å². The average molecular weight is 408 g/mol. The maximum absolute atomic E-state index is 12.7. The van der Waals surface area contributed by atoms with E-state index in [1.165, 1.54) is 11.3 Å². The first-order valence-corrected chi connectivity index (χ1v) is 10.0. The summed E-state index contributed by atoms with van der Waals surface area (Å²) in [6.07, 6.45) is 5.10. The topological polar surface area (TPSA) is 78.7 Å². The highest BCUT2D eigenvalue weighted by Crippen LogP contribution is 2.36. The number of allylic oxidation sites excluding steroid dienone is 1. The summed E-state index contributed by atoms with van der Waals surface area (Å²) in [5.41, 5.74) is 3.33. The van der Waals surface area contributed by atoms with E-state index < -0.39 is 0 Å². The first kappa shape index (κ1) is 19.2. The standard InChI is InChI=1S/C24H16N4OS/c25-16-20(15-17-11-13-26-14-12-17)23-27-21(18-7-3-1-4-8-18)24(30-23)28-22(29)19-9-5-2-6-10-19/h1-15H,(H,28,29). The first-order valence-electron chi connectivity index (χ1n) is 9.19. The summed E-state index contributed by atoms with van der Waals surface area (Å²) in [7, 11) is 0. The van der Waals surface area contributed by atoms with E-state index >= 15 is 0 Å². The van der Waals surface area contributed by atoms with Crippen LogP contribution in [-0.2, 0) is 0 Å². The van der Waals surface area contributed by atoms with Crippen molar-refractivity contribution in [2.24, 2.45) is 0 Å². The molecule has 1 N–H and O–H groups in total. The molecule has 0 saturated carbocycles. The largest absolute Gasteiger partial charge is 0.312 e. The molecule has 144 valence electrons. The number of aromatic nitrogens is 2. The summed E-state index contributed by atoms with van der Waals surface area (Å²) >= 11 is 1.28. The number of pyridine rings is 1. The maximum atomic E-state index is 12.7. The molecule has 2 aromatic carbocycles. The molecule has 0 fully saturated rings. The number of nitriles is 1. The quantitative estimate of drug-likeness (QED) is 0.441. The van der Waals surface area contributed by atoms with Crippen molar-refractivity contribution in [3.8, 4) is 17.3 Å². The molecule has 0 saturated heterocycles. The molecule has 2 heterocycles. The summed E-state index contributed by atoms with van der Waals surface area (Å²) < 4.78 is 0. The molecule has 0 bridgehead atoms. The van der Waals surface area contributed by atoms with Crippen LogP contribution in [-0.4, -0.2) is 15.9 Å². The number of rotatable bonds is 5. The zero-order valence-electron chi connectivity index (χ0n) is 15.8. The van der Waals surface area contributed by atoms with Gasteiger partial charge in [0.15, 0.2) is 0 Å². The fourth-order valence-electron chi connectivity index (χ4n) is 2.84. The minimum absolute atomic E-state index is 0.223. The number of thiazole rings is 1. The molecule has 0 aliphatic carbocycles. The SMILES string of the molecule is N#CC(=Cc1ccncc1)c1nc(-c2ccccc2)c(NC(=O)c2ccccc2)s1. The van der Waals surface area contributed by atoms with Gasteiger partial charge >= 0.3 is 0 Å². The van der Waals surface area contributed by atoms with Crippen LogP contribution in [0.25, 0.3) is 22.9 Å². The second-order valence-corrected chi connectivity index (χ2v) is 7.33. The smallest absolute Gasteiger partial charge is 0.256 e. The van der Waals surface area contributed by atoms with Crippen LogP contribution in [0.2, 0.25) is 0 Å². The van der Waals surface area contributed by atoms with Gasteiger partial charge in [-0.15, -0.1) is 0 Å². The van der Waals surface area contributed by atoms with E-state index in [2.05, 4.69) is 16.4 Å². The molecule has 0 atom stereocenters. The maximum Gasteiger partial charge on any atom is 0.256 e. The molecule has 0 unspecified atom stereocenters. The molecule has 2 aromatic heterocycles. The van der Waals surface area contributed by atoms with Crippen LogP contribution in [0.15, 0.2) is 85.2 Å². The van der Waals surface area contributed by atoms with Gasteiger partial charge in [-0.1, -0.05) is 59.9 Å². The van der Waals surface area contributed by atoms with Gasteiger partial charge in [-0.2, -0.15) is 5.26 Å². The molecular formula is C24H16N4OS. The lowest BCUT2D eigenvalue weighted by Crippen LogP contribution is -2.11. The third-order valence-electron chi connectivity index (χ3n) is 4.31. The van der Waals surface area contributed by atoms with E-state index in [0.717, 1.165) is 11.1 Å². The van der Waals surface area contributed by atoms with E-state index in [9.17, 15) is 10.1 Å². The van der Waals surface area contributed by atoms with Crippen LogP contribution in [0, 0.1) is 11.3 Å². The molecule has 0 radical (unpaired) electrons. The second-order valence-electron chi connectivity index (χ2n) is 6.33. The van der Waals surface area contributed by atoms with Crippen molar-refractivity contribution < 1.29 is 4.79 Å². The molecule has 0 spiro atoms. The zero-order valence-corrected chi connectivity index (χ0v) is 16.6. The zero-order chi connectivity index (χ0) is 20.8. The van der Waals surface area contributed by atoms with E-state index in [4.69, 9.17) is 4.98 Å². The number of nitrogens with zero attached hydrogens (tertiary/aromatic N) is 3. The summed E-state index contributed by atoms with van der Waals surface area (Å²) in [4.78, 5) is 21.4. The Labute approximate surface area is 178 Å². The van der Waals surface area contributed by atoms with Crippen LogP contribution in [0.4, 0.5) is 5.00 Å². The highest BCUT2D eigenvalue weighted by Gasteiger charge is 2.18. The Kier molecular flexibility index (Phi) is 5.74. The highest BCUT2D eigenvalue weighted by molar-refractivity contribution is 7.17. The summed E-state index contributed by atoms with van der Waals surface area (Å²) in [5.74, 6) is -0.223. The van der Waals surface area contributed by atoms with Gasteiger partial charge in [-0.05, 0) is 35.9 Å². The summed E-state index contributed by atoms with van der Waals surface area (Å²) in [6.45, 7) is 0. The number of amides is 1. The van der Waals surface area contributed by atoms with E-state index in [0.29, 0.717) is 26.8 Å². The second kappa shape index (κ2) is 8.95. The number of carbonyl (C=O) groups is 1. The molecule has 6 heteroatoms. The minimum Gasteiger partial charge on any atom is -0.312 e. The molecule has 4 aromatic rings. The Balaban J connectivity index is 1.75. The third kappa shape index (κ3) is 4.32. The number of anilines is 1. The molecule has 0 aliphatic rings. The van der Waals surface area contributed by atoms with Gasteiger partial charge in [0.2, 0.25) is 0 Å². The predicted octanol–water partition coefficient (Wildman–Crippen LogP) is 5.52. The van der Waals surface area contributed by atoms with Crippen LogP contribution in [0.3, 0.4) is 0 Å². The van der Waals surface area contributed by atoms with Gasteiger partial charge in [0, 0.05) is 23.5 Å². The van der Waals surface area contributed by atoms with Crippen molar-refractivity contribution in [3.63, 3.8) is 0 Å². The number of hydrogen-bond acceptors (Lipinski definition) is 5. The fourth-order valence-corrected chi connectivity index (χ4v) is 3.79. The van der Waals surface area contributed by atoms with Crippen LogP contribution < -0.4 is 5.32 Å². The summed E-state index contributed by atoms with van der Waals surface area (Å²) in [6, 6.07) is 24.5. The van der Waals surface area contributed by atoms with E-state index in [1.807, 2.05) is 60.7 Å². The fraction of sp³-hybridized carbons (Fsp3) is 0. The highest BCUT2D eigenvalue weighted by atomic mass is 32.1. The molecule has 5 nitrogen and oxygen atoms in total. The number of nitrogens with one attached hydrogen (secondary N) is 1. The van der Waals surface area contributed by atoms with E-state index in [1.54, 1.807) is 30.6 Å². The van der Waals surface area contributed by atoms with Gasteiger partial charge in [0.25, 0.3) is 5.91 Å². The first-order chi connectivity index (χ1) is 14.7. The number of benzene rings is 2. The lowest BCUT2D eigenvalue weighted by Gasteiger charge is -2.05. The third-order valence-corrected chi connectivity index (χ3v) is 5.31.